The van der Waals surface area contributed by atoms with Crippen molar-refractivity contribution < 1.29 is 14.4 Å². The molecule has 1 aromatic rings. The molecule has 0 aromatic heterocycles. The average molecular weight is 203 g/mol. The molecule has 0 aliphatic carbocycles. The maximum Gasteiger partial charge on any atom is 0.408 e. The van der Waals surface area contributed by atoms with Crippen LogP contribution in [0.1, 0.15) is 12.5 Å². The van der Waals surface area contributed by atoms with Crippen molar-refractivity contribution in [2.45, 2.75) is 6.92 Å². The monoisotopic (exact) mass is 203 g/mol. The van der Waals surface area contributed by atoms with Crippen LogP contribution in [0.15, 0.2) is 30.3 Å². The number of hydroxylamine groups is 1. The van der Waals surface area contributed by atoms with Crippen LogP contribution in [0.2, 0.25) is 0 Å². The van der Waals surface area contributed by atoms with E-state index in [1.807, 2.05) is 23.7 Å². The highest BCUT2D eigenvalue weighted by molar-refractivity contribution is 5.90. The minimum absolute atomic E-state index is 0.454. The molecule has 0 aliphatic heterocycles. The van der Waals surface area contributed by atoms with E-state index in [4.69, 9.17) is 0 Å². The Kier molecular flexibility index (Phi) is 3.92. The number of hydrogen-bond donors (Lipinski definition) is 1. The van der Waals surface area contributed by atoms with Gasteiger partial charge in [0.1, 0.15) is 0 Å². The van der Waals surface area contributed by atoms with Crippen molar-refractivity contribution >= 4 is 11.9 Å². The van der Waals surface area contributed by atoms with Crippen LogP contribution in [0.25, 0.3) is 0 Å². The smallest absolute Gasteiger partial charge is 0.328 e. The minimum atomic E-state index is -0.797. The predicted octanol–water partition coefficient (Wildman–Crippen LogP) is 0.632. The first-order valence-electron chi connectivity index (χ1n) is 4.23. The van der Waals surface area contributed by atoms with Crippen molar-refractivity contribution in [2.24, 2.45) is 0 Å². The highest BCUT2D eigenvalue weighted by atomic mass is 16.7. The van der Waals surface area contributed by atoms with E-state index in [1.165, 1.54) is 6.92 Å². The van der Waals surface area contributed by atoms with Crippen molar-refractivity contribution in [3.05, 3.63) is 35.9 Å². The van der Waals surface area contributed by atoms with E-state index in [-0.39, 0.29) is 0 Å². The van der Waals surface area contributed by atoms with Crippen molar-refractivity contribution in [3.63, 3.8) is 0 Å². The Morgan fingerprint density at radius 2 is 1.93 bits per heavy atom. The lowest BCUT2D eigenvalue weighted by Crippen LogP contribution is -2.23. The van der Waals surface area contributed by atoms with Crippen LogP contribution in [0.4, 0.5) is 0 Å². The molecule has 0 heterocycles. The highest BCUT2D eigenvalue weighted by Crippen LogP contribution is 1.94. The summed E-state index contributed by atoms with van der Waals surface area (Å²) in [7, 11) is 0. The molecule has 0 radical (unpaired) electrons. The van der Waals surface area contributed by atoms with Gasteiger partial charge in [-0.1, -0.05) is 24.1 Å². The zero-order chi connectivity index (χ0) is 11.1. The van der Waals surface area contributed by atoms with Gasteiger partial charge in [0.2, 0.25) is 5.91 Å². The molecule has 0 fully saturated rings. The normalized spacial score (nSPS) is 8.33. The third-order valence-electron chi connectivity index (χ3n) is 1.37. The number of carbonyl (C=O) groups excluding carboxylic acids is 2. The Labute approximate surface area is 87.2 Å². The fourth-order valence-electron chi connectivity index (χ4n) is 0.788. The predicted molar refractivity (Wildman–Crippen MR) is 53.2 cm³/mol. The Hall–Kier alpha value is -2.28. The second-order valence-electron chi connectivity index (χ2n) is 2.66. The zero-order valence-electron chi connectivity index (χ0n) is 8.11. The lowest BCUT2D eigenvalue weighted by atomic mass is 10.2. The first kappa shape index (κ1) is 10.8. The van der Waals surface area contributed by atoms with Crippen molar-refractivity contribution in [2.75, 3.05) is 0 Å². The van der Waals surface area contributed by atoms with Crippen molar-refractivity contribution in [1.29, 1.82) is 0 Å². The summed E-state index contributed by atoms with van der Waals surface area (Å²) in [5.74, 6) is 3.57. The summed E-state index contributed by atoms with van der Waals surface area (Å²) in [6.07, 6.45) is 0. The van der Waals surface area contributed by atoms with Gasteiger partial charge in [-0.2, -0.15) is 5.48 Å². The number of rotatable bonds is 0. The molecule has 0 saturated carbocycles. The van der Waals surface area contributed by atoms with Gasteiger partial charge in [-0.25, -0.2) is 4.79 Å². The first-order chi connectivity index (χ1) is 7.18. The molecule has 0 spiro atoms. The van der Waals surface area contributed by atoms with E-state index >= 15 is 0 Å². The lowest BCUT2D eigenvalue weighted by molar-refractivity contribution is -0.151. The van der Waals surface area contributed by atoms with Crippen molar-refractivity contribution in [3.8, 4) is 11.8 Å². The SMILES string of the molecule is CC(=O)NOC(=O)C#Cc1ccccc1. The Morgan fingerprint density at radius 1 is 1.27 bits per heavy atom. The molecule has 1 rings (SSSR count). The Morgan fingerprint density at radius 3 is 2.53 bits per heavy atom. The minimum Gasteiger partial charge on any atom is -0.328 e. The van der Waals surface area contributed by atoms with E-state index in [0.717, 1.165) is 0 Å². The van der Waals surface area contributed by atoms with Crippen LogP contribution in [0.5, 0.6) is 0 Å². The number of nitrogens with one attached hydrogen (secondary N) is 1. The molecule has 1 N–H and O–H groups in total. The van der Waals surface area contributed by atoms with E-state index < -0.39 is 11.9 Å². The van der Waals surface area contributed by atoms with Gasteiger partial charge in [0.05, 0.1) is 0 Å². The van der Waals surface area contributed by atoms with Crippen LogP contribution in [0.3, 0.4) is 0 Å². The molecule has 4 heteroatoms. The summed E-state index contributed by atoms with van der Waals surface area (Å²) < 4.78 is 0. The van der Waals surface area contributed by atoms with Crippen LogP contribution in [-0.2, 0) is 14.4 Å². The van der Waals surface area contributed by atoms with Crippen LogP contribution in [-0.4, -0.2) is 11.9 Å². The molecule has 0 unspecified atom stereocenters. The van der Waals surface area contributed by atoms with Gasteiger partial charge in [-0.05, 0) is 12.1 Å². The maximum atomic E-state index is 10.9. The summed E-state index contributed by atoms with van der Waals surface area (Å²) in [5.41, 5.74) is 2.60. The Bertz CT molecular complexity index is 414. The molecule has 0 saturated heterocycles. The molecule has 15 heavy (non-hydrogen) atoms. The van der Waals surface area contributed by atoms with E-state index in [0.29, 0.717) is 5.56 Å². The van der Waals surface area contributed by atoms with E-state index in [2.05, 4.69) is 16.7 Å². The van der Waals surface area contributed by atoms with Gasteiger partial charge >= 0.3 is 5.97 Å². The number of benzene rings is 1. The number of carbonyl (C=O) groups is 2. The van der Waals surface area contributed by atoms with Gasteiger partial charge in [-0.15, -0.1) is 0 Å². The molecular formula is C11H9NO3. The molecule has 0 aliphatic rings. The first-order valence-corrected chi connectivity index (χ1v) is 4.23. The fourth-order valence-corrected chi connectivity index (χ4v) is 0.788. The molecule has 76 valence electrons. The molecule has 1 amide bonds. The standard InChI is InChI=1S/C11H9NO3/c1-9(13)12-15-11(14)8-7-10-5-3-2-4-6-10/h2-6H,1H3,(H,12,13). The summed E-state index contributed by atoms with van der Waals surface area (Å²) in [6, 6.07) is 8.99. The van der Waals surface area contributed by atoms with Crippen LogP contribution < -0.4 is 5.48 Å². The Balaban J connectivity index is 2.51. The topological polar surface area (TPSA) is 55.4 Å². The third kappa shape index (κ3) is 4.48. The molecule has 4 nitrogen and oxygen atoms in total. The largest absolute Gasteiger partial charge is 0.408 e. The van der Waals surface area contributed by atoms with Crippen molar-refractivity contribution in [1.82, 2.24) is 5.48 Å². The summed E-state index contributed by atoms with van der Waals surface area (Å²) >= 11 is 0. The second kappa shape index (κ2) is 5.45. The van der Waals surface area contributed by atoms with Crippen LogP contribution >= 0.6 is 0 Å². The van der Waals surface area contributed by atoms with E-state index in [9.17, 15) is 9.59 Å². The average Bonchev–Trinajstić information content (AvgIpc) is 2.25. The summed E-state index contributed by atoms with van der Waals surface area (Å²) in [4.78, 5) is 25.6. The van der Waals surface area contributed by atoms with Gasteiger partial charge in [0.25, 0.3) is 0 Å². The second-order valence-corrected chi connectivity index (χ2v) is 2.66. The number of hydrogen-bond acceptors (Lipinski definition) is 3. The molecular weight excluding hydrogens is 194 g/mol. The van der Waals surface area contributed by atoms with E-state index in [1.54, 1.807) is 12.1 Å². The summed E-state index contributed by atoms with van der Waals surface area (Å²) in [5, 5.41) is 0. The van der Waals surface area contributed by atoms with Crippen LogP contribution in [0, 0.1) is 11.8 Å². The maximum absolute atomic E-state index is 10.9. The molecule has 1 aromatic carbocycles. The van der Waals surface area contributed by atoms with Gasteiger partial charge in [0.15, 0.2) is 0 Å². The van der Waals surface area contributed by atoms with Gasteiger partial charge < -0.3 is 4.84 Å². The highest BCUT2D eigenvalue weighted by Gasteiger charge is 1.97. The summed E-state index contributed by atoms with van der Waals surface area (Å²) in [6.45, 7) is 1.23. The molecule has 0 atom stereocenters. The van der Waals surface area contributed by atoms with Gasteiger partial charge in [-0.3, -0.25) is 4.79 Å². The third-order valence-corrected chi connectivity index (χ3v) is 1.37. The lowest BCUT2D eigenvalue weighted by Gasteiger charge is -1.96. The zero-order valence-corrected chi connectivity index (χ0v) is 8.11. The quantitative estimate of drug-likeness (QED) is 0.497. The fraction of sp³-hybridized carbons (Fsp3) is 0.0909. The number of amides is 1. The van der Waals surface area contributed by atoms with Gasteiger partial charge in [0, 0.05) is 18.4 Å². The molecule has 0 bridgehead atoms.